The molecule has 2 nitrogen and oxygen atoms in total. The van der Waals surface area contributed by atoms with Crippen LogP contribution in [0.25, 0.3) is 0 Å². The Labute approximate surface area is 133 Å². The van der Waals surface area contributed by atoms with Crippen LogP contribution >= 0.6 is 11.8 Å². The first kappa shape index (κ1) is 17.8. The summed E-state index contributed by atoms with van der Waals surface area (Å²) in [7, 11) is 0. The van der Waals surface area contributed by atoms with Crippen molar-refractivity contribution in [2.75, 3.05) is 6.54 Å². The Kier molecular flexibility index (Phi) is 10.6. The van der Waals surface area contributed by atoms with Crippen LogP contribution in [0.5, 0.6) is 0 Å². The maximum atomic E-state index is 11.6. The molecule has 1 aromatic carbocycles. The summed E-state index contributed by atoms with van der Waals surface area (Å²) in [6.45, 7) is 2.84. The number of thioether (sulfide) groups is 1. The average molecular weight is 305 g/mol. The van der Waals surface area contributed by atoms with Crippen molar-refractivity contribution in [3.05, 3.63) is 47.4 Å². The van der Waals surface area contributed by atoms with Gasteiger partial charge in [0.15, 0.2) is 0 Å². The van der Waals surface area contributed by atoms with Gasteiger partial charge in [-0.05, 0) is 17.4 Å². The molecule has 116 valence electrons. The van der Waals surface area contributed by atoms with Gasteiger partial charge in [-0.1, -0.05) is 69.0 Å². The molecule has 0 aliphatic rings. The highest BCUT2D eigenvalue weighted by Crippen LogP contribution is 2.12. The Morgan fingerprint density at radius 1 is 1.14 bits per heavy atom. The molecule has 1 N–H and O–H groups in total. The third kappa shape index (κ3) is 10.2. The average Bonchev–Trinajstić information content (AvgIpc) is 2.51. The summed E-state index contributed by atoms with van der Waals surface area (Å²) < 4.78 is 0. The molecular weight excluding hydrogens is 278 g/mol. The number of rotatable bonds is 11. The second kappa shape index (κ2) is 12.5. The van der Waals surface area contributed by atoms with E-state index in [0.29, 0.717) is 13.0 Å². The monoisotopic (exact) mass is 305 g/mol. The minimum Gasteiger partial charge on any atom is -0.353 e. The van der Waals surface area contributed by atoms with Crippen LogP contribution in [0.4, 0.5) is 0 Å². The molecule has 0 aromatic heterocycles. The molecule has 0 bridgehead atoms. The number of unbranched alkanes of at least 4 members (excludes halogenated alkanes) is 4. The van der Waals surface area contributed by atoms with E-state index in [-0.39, 0.29) is 5.91 Å². The van der Waals surface area contributed by atoms with Gasteiger partial charge >= 0.3 is 0 Å². The number of carbonyl (C=O) groups excluding carboxylic acids is 1. The molecule has 21 heavy (non-hydrogen) atoms. The topological polar surface area (TPSA) is 29.1 Å². The second-order valence-corrected chi connectivity index (χ2v) is 6.03. The lowest BCUT2D eigenvalue weighted by atomic mass is 10.1. The van der Waals surface area contributed by atoms with Gasteiger partial charge in [-0.15, -0.1) is 11.8 Å². The molecule has 0 atom stereocenters. The number of benzene rings is 1. The lowest BCUT2D eigenvalue weighted by molar-refractivity contribution is -0.121. The van der Waals surface area contributed by atoms with Gasteiger partial charge in [-0.25, -0.2) is 0 Å². The van der Waals surface area contributed by atoms with Crippen LogP contribution in [0.15, 0.2) is 41.8 Å². The Balaban J connectivity index is 1.97. The number of hydrogen-bond acceptors (Lipinski definition) is 2. The van der Waals surface area contributed by atoms with Crippen LogP contribution in [-0.4, -0.2) is 12.5 Å². The lowest BCUT2D eigenvalue weighted by Crippen LogP contribution is -2.22. The zero-order valence-electron chi connectivity index (χ0n) is 13.0. The van der Waals surface area contributed by atoms with E-state index in [1.165, 1.54) is 31.2 Å². The second-order valence-electron chi connectivity index (χ2n) is 5.14. The summed E-state index contributed by atoms with van der Waals surface area (Å²) in [5, 5.41) is 5.00. The van der Waals surface area contributed by atoms with Crippen molar-refractivity contribution in [3.8, 4) is 0 Å². The van der Waals surface area contributed by atoms with Crippen molar-refractivity contribution < 1.29 is 4.79 Å². The Hall–Kier alpha value is -1.22. The van der Waals surface area contributed by atoms with E-state index in [1.807, 2.05) is 12.1 Å². The summed E-state index contributed by atoms with van der Waals surface area (Å²) in [5.41, 5.74) is 1.32. The summed E-state index contributed by atoms with van der Waals surface area (Å²) in [6, 6.07) is 10.4. The molecule has 1 amide bonds. The minimum atomic E-state index is 0.171. The third-order valence-electron chi connectivity index (χ3n) is 3.21. The molecule has 0 heterocycles. The zero-order valence-corrected chi connectivity index (χ0v) is 13.8. The quantitative estimate of drug-likeness (QED) is 0.588. The molecular formula is C18H27NOS. The third-order valence-corrected chi connectivity index (χ3v) is 4.09. The number of nitrogens with one attached hydrogen (secondary N) is 1. The molecule has 0 aliphatic heterocycles. The van der Waals surface area contributed by atoms with Crippen LogP contribution < -0.4 is 5.32 Å². The van der Waals surface area contributed by atoms with Crippen molar-refractivity contribution in [2.24, 2.45) is 0 Å². The van der Waals surface area contributed by atoms with Crippen molar-refractivity contribution in [3.63, 3.8) is 0 Å². The van der Waals surface area contributed by atoms with Gasteiger partial charge in [-0.3, -0.25) is 4.79 Å². The molecule has 0 fully saturated rings. The normalized spacial score (nSPS) is 10.9. The first-order valence-electron chi connectivity index (χ1n) is 7.90. The van der Waals surface area contributed by atoms with Crippen molar-refractivity contribution in [1.29, 1.82) is 0 Å². The van der Waals surface area contributed by atoms with Crippen LogP contribution in [0.1, 0.15) is 51.0 Å². The number of hydrogen-bond donors (Lipinski definition) is 1. The summed E-state index contributed by atoms with van der Waals surface area (Å²) in [4.78, 5) is 11.6. The first-order valence-corrected chi connectivity index (χ1v) is 8.95. The lowest BCUT2D eigenvalue weighted by Gasteiger charge is -2.02. The fourth-order valence-corrected chi connectivity index (χ4v) is 2.70. The molecule has 0 radical (unpaired) electrons. The van der Waals surface area contributed by atoms with Gasteiger partial charge in [0, 0.05) is 18.7 Å². The predicted octanol–water partition coefficient (Wildman–Crippen LogP) is 4.91. The zero-order chi connectivity index (χ0) is 15.2. The largest absolute Gasteiger partial charge is 0.353 e. The van der Waals surface area contributed by atoms with Crippen LogP contribution in [0.2, 0.25) is 0 Å². The van der Waals surface area contributed by atoms with Gasteiger partial charge in [-0.2, -0.15) is 0 Å². The fraction of sp³-hybridized carbons (Fsp3) is 0.500. The van der Waals surface area contributed by atoms with Crippen molar-refractivity contribution in [1.82, 2.24) is 5.32 Å². The molecule has 0 aliphatic carbocycles. The van der Waals surface area contributed by atoms with Crippen LogP contribution in [0.3, 0.4) is 0 Å². The van der Waals surface area contributed by atoms with Crippen LogP contribution in [-0.2, 0) is 10.5 Å². The van der Waals surface area contributed by atoms with E-state index in [1.54, 1.807) is 11.8 Å². The summed E-state index contributed by atoms with van der Waals surface area (Å²) >= 11 is 1.75. The molecule has 0 saturated carbocycles. The fourth-order valence-electron chi connectivity index (χ4n) is 1.98. The summed E-state index contributed by atoms with van der Waals surface area (Å²) in [5.74, 6) is 1.15. The Bertz CT molecular complexity index is 403. The maximum Gasteiger partial charge on any atom is 0.220 e. The van der Waals surface area contributed by atoms with Gasteiger partial charge in [0.25, 0.3) is 0 Å². The molecule has 0 spiro atoms. The van der Waals surface area contributed by atoms with Crippen molar-refractivity contribution in [2.45, 2.75) is 51.2 Å². The molecule has 0 unspecified atom stereocenters. The highest BCUT2D eigenvalue weighted by Gasteiger charge is 1.98. The smallest absolute Gasteiger partial charge is 0.220 e. The molecule has 1 aromatic rings. The first-order chi connectivity index (χ1) is 10.3. The van der Waals surface area contributed by atoms with E-state index in [4.69, 9.17) is 0 Å². The Morgan fingerprint density at radius 3 is 2.67 bits per heavy atom. The van der Waals surface area contributed by atoms with Crippen molar-refractivity contribution >= 4 is 17.7 Å². The molecule has 0 saturated heterocycles. The summed E-state index contributed by atoms with van der Waals surface area (Å²) in [6.07, 6.45) is 8.64. The molecule has 1 rings (SSSR count). The van der Waals surface area contributed by atoms with Gasteiger partial charge in [0.05, 0.1) is 0 Å². The van der Waals surface area contributed by atoms with Gasteiger partial charge < -0.3 is 5.32 Å². The number of carbonyl (C=O) groups is 1. The highest BCUT2D eigenvalue weighted by molar-refractivity contribution is 8.01. The van der Waals surface area contributed by atoms with E-state index >= 15 is 0 Å². The minimum absolute atomic E-state index is 0.171. The van der Waals surface area contributed by atoms with E-state index in [0.717, 1.165) is 12.2 Å². The van der Waals surface area contributed by atoms with E-state index in [9.17, 15) is 4.79 Å². The SMILES string of the molecule is CCCCCCCC(=O)NC/C=C/SCc1ccccc1. The van der Waals surface area contributed by atoms with Crippen LogP contribution in [0, 0.1) is 0 Å². The number of amides is 1. The maximum absolute atomic E-state index is 11.6. The van der Waals surface area contributed by atoms with Gasteiger partial charge in [0.2, 0.25) is 5.91 Å². The van der Waals surface area contributed by atoms with Gasteiger partial charge in [0.1, 0.15) is 0 Å². The highest BCUT2D eigenvalue weighted by atomic mass is 32.2. The standard InChI is InChI=1S/C18H27NOS/c1-2-3-4-5-9-13-18(20)19-14-10-15-21-16-17-11-7-6-8-12-17/h6-8,10-12,15H,2-5,9,13-14,16H2,1H3,(H,19,20)/b15-10+. The van der Waals surface area contributed by atoms with E-state index in [2.05, 4.69) is 41.9 Å². The molecule has 3 heteroatoms. The predicted molar refractivity (Wildman–Crippen MR) is 93.3 cm³/mol. The Morgan fingerprint density at radius 2 is 1.90 bits per heavy atom. The van der Waals surface area contributed by atoms with E-state index < -0.39 is 0 Å².